The topological polar surface area (TPSA) is 60.7 Å². The van der Waals surface area contributed by atoms with Gasteiger partial charge in [-0.15, -0.1) is 6.42 Å². The molecule has 3 saturated carbocycles. The standard InChI is InChI=1S/C21H29FO3/c1-4-21(25)10-6-13-17-12(5-9-20(13,21)3)19(2)8-7-15(23)18(22)14(19)11-16(17)24/h1,11-13,15-18,23-25H,5-10H2,2-3H3/t12-,13+,15?,16?,17-,18?,19-,20+,21?/m1/s1. The van der Waals surface area contributed by atoms with Crippen LogP contribution in [0.15, 0.2) is 11.6 Å². The van der Waals surface area contributed by atoms with E-state index in [1.54, 1.807) is 6.08 Å². The van der Waals surface area contributed by atoms with E-state index in [0.717, 1.165) is 25.7 Å². The van der Waals surface area contributed by atoms with Crippen LogP contribution in [0.2, 0.25) is 0 Å². The van der Waals surface area contributed by atoms with Gasteiger partial charge in [-0.3, -0.25) is 0 Å². The minimum atomic E-state index is -1.38. The van der Waals surface area contributed by atoms with Crippen LogP contribution in [0.3, 0.4) is 0 Å². The molecule has 4 unspecified atom stereocenters. The quantitative estimate of drug-likeness (QED) is 0.466. The lowest BCUT2D eigenvalue weighted by atomic mass is 9.46. The van der Waals surface area contributed by atoms with E-state index in [1.807, 2.05) is 0 Å². The number of aliphatic hydroxyl groups is 3. The van der Waals surface area contributed by atoms with Crippen molar-refractivity contribution in [3.05, 3.63) is 11.6 Å². The molecule has 4 heteroatoms. The van der Waals surface area contributed by atoms with Crippen LogP contribution < -0.4 is 0 Å². The predicted octanol–water partition coefficient (Wildman–Crippen LogP) is 2.59. The minimum Gasteiger partial charge on any atom is -0.390 e. The maximum atomic E-state index is 14.7. The second-order valence-electron chi connectivity index (χ2n) is 9.33. The molecule has 3 nitrogen and oxygen atoms in total. The number of fused-ring (bicyclic) bond motifs is 5. The first-order chi connectivity index (χ1) is 11.7. The second-order valence-corrected chi connectivity index (χ2v) is 9.33. The van der Waals surface area contributed by atoms with Crippen molar-refractivity contribution >= 4 is 0 Å². The summed E-state index contributed by atoms with van der Waals surface area (Å²) in [7, 11) is 0. The number of alkyl halides is 1. The van der Waals surface area contributed by atoms with Gasteiger partial charge in [0.15, 0.2) is 0 Å². The van der Waals surface area contributed by atoms with Crippen LogP contribution in [-0.4, -0.2) is 39.3 Å². The normalized spacial score (nSPS) is 57.7. The average molecular weight is 348 g/mol. The van der Waals surface area contributed by atoms with E-state index < -0.39 is 29.4 Å². The number of hydrogen-bond donors (Lipinski definition) is 3. The zero-order chi connectivity index (χ0) is 18.2. The Morgan fingerprint density at radius 3 is 2.48 bits per heavy atom. The minimum absolute atomic E-state index is 0.00248. The third-order valence-electron chi connectivity index (χ3n) is 8.54. The van der Waals surface area contributed by atoms with Crippen molar-refractivity contribution in [2.45, 2.75) is 76.4 Å². The van der Waals surface area contributed by atoms with Gasteiger partial charge < -0.3 is 15.3 Å². The van der Waals surface area contributed by atoms with Crippen molar-refractivity contribution in [1.29, 1.82) is 0 Å². The molecule has 0 heterocycles. The van der Waals surface area contributed by atoms with Gasteiger partial charge in [-0.05, 0) is 67.3 Å². The van der Waals surface area contributed by atoms with Crippen molar-refractivity contribution < 1.29 is 19.7 Å². The summed E-state index contributed by atoms with van der Waals surface area (Å²) < 4.78 is 14.7. The largest absolute Gasteiger partial charge is 0.390 e. The summed E-state index contributed by atoms with van der Waals surface area (Å²) in [4.78, 5) is 0. The van der Waals surface area contributed by atoms with Gasteiger partial charge in [0.25, 0.3) is 0 Å². The number of halogens is 1. The molecule has 138 valence electrons. The van der Waals surface area contributed by atoms with Gasteiger partial charge in [-0.2, -0.15) is 0 Å². The zero-order valence-electron chi connectivity index (χ0n) is 15.1. The molecule has 0 aromatic rings. The first kappa shape index (κ1) is 17.5. The number of terminal acetylenes is 1. The molecular formula is C21H29FO3. The fourth-order valence-electron chi connectivity index (χ4n) is 6.91. The highest BCUT2D eigenvalue weighted by atomic mass is 19.1. The van der Waals surface area contributed by atoms with Crippen molar-refractivity contribution in [3.8, 4) is 12.3 Å². The Morgan fingerprint density at radius 1 is 1.12 bits per heavy atom. The van der Waals surface area contributed by atoms with Gasteiger partial charge in [-0.1, -0.05) is 25.8 Å². The SMILES string of the molecule is C#CC1(O)CC[C@H]2[C@@H]3C(O)C=C4C(F)C(O)CC[C@]4(C)[C@@H]3CC[C@@]21C. The Bertz CT molecular complexity index is 654. The molecule has 3 fully saturated rings. The summed E-state index contributed by atoms with van der Waals surface area (Å²) in [5.41, 5.74) is -1.23. The molecule has 25 heavy (non-hydrogen) atoms. The van der Waals surface area contributed by atoms with E-state index in [9.17, 15) is 19.7 Å². The fourth-order valence-corrected chi connectivity index (χ4v) is 6.91. The molecule has 0 saturated heterocycles. The first-order valence-corrected chi connectivity index (χ1v) is 9.60. The lowest BCUT2D eigenvalue weighted by Crippen LogP contribution is -2.58. The molecule has 3 N–H and O–H groups in total. The summed E-state index contributed by atoms with van der Waals surface area (Å²) >= 11 is 0. The van der Waals surface area contributed by atoms with Gasteiger partial charge in [0.2, 0.25) is 0 Å². The van der Waals surface area contributed by atoms with Crippen LogP contribution in [0.1, 0.15) is 52.4 Å². The molecule has 4 aliphatic rings. The van der Waals surface area contributed by atoms with Gasteiger partial charge in [-0.25, -0.2) is 4.39 Å². The molecule has 0 aliphatic heterocycles. The first-order valence-electron chi connectivity index (χ1n) is 9.60. The van der Waals surface area contributed by atoms with E-state index in [0.29, 0.717) is 18.4 Å². The van der Waals surface area contributed by atoms with Crippen molar-refractivity contribution in [2.24, 2.45) is 28.6 Å². The van der Waals surface area contributed by atoms with Crippen LogP contribution in [0.5, 0.6) is 0 Å². The molecule has 0 aromatic heterocycles. The van der Waals surface area contributed by atoms with Crippen LogP contribution in [0, 0.1) is 40.9 Å². The number of aliphatic hydroxyl groups excluding tert-OH is 2. The number of rotatable bonds is 0. The van der Waals surface area contributed by atoms with Gasteiger partial charge in [0, 0.05) is 5.41 Å². The van der Waals surface area contributed by atoms with E-state index in [4.69, 9.17) is 6.42 Å². The van der Waals surface area contributed by atoms with Gasteiger partial charge in [0.05, 0.1) is 12.2 Å². The highest BCUT2D eigenvalue weighted by Crippen LogP contribution is 2.67. The van der Waals surface area contributed by atoms with E-state index in [-0.39, 0.29) is 23.2 Å². The molecule has 0 radical (unpaired) electrons. The average Bonchev–Trinajstić information content (AvgIpc) is 2.86. The summed E-state index contributed by atoms with van der Waals surface area (Å²) in [6.45, 7) is 4.17. The van der Waals surface area contributed by atoms with E-state index in [1.165, 1.54) is 0 Å². The predicted molar refractivity (Wildman–Crippen MR) is 93.2 cm³/mol. The molecule has 4 aliphatic carbocycles. The number of hydrogen-bond acceptors (Lipinski definition) is 3. The third-order valence-corrected chi connectivity index (χ3v) is 8.54. The van der Waals surface area contributed by atoms with Crippen molar-refractivity contribution in [3.63, 3.8) is 0 Å². The molecule has 0 amide bonds. The lowest BCUT2D eigenvalue weighted by Gasteiger charge is -2.59. The fraction of sp³-hybridized carbons (Fsp3) is 0.810. The summed E-state index contributed by atoms with van der Waals surface area (Å²) in [6, 6.07) is 0. The van der Waals surface area contributed by atoms with Crippen LogP contribution in [0.4, 0.5) is 4.39 Å². The highest BCUT2D eigenvalue weighted by Gasteiger charge is 2.65. The van der Waals surface area contributed by atoms with Crippen LogP contribution in [0.25, 0.3) is 0 Å². The molecular weight excluding hydrogens is 319 g/mol. The maximum Gasteiger partial charge on any atom is 0.148 e. The van der Waals surface area contributed by atoms with Crippen molar-refractivity contribution in [1.82, 2.24) is 0 Å². The Labute approximate surface area is 149 Å². The molecule has 0 bridgehead atoms. The molecule has 9 atom stereocenters. The summed E-state index contributed by atoms with van der Waals surface area (Å²) in [5.74, 6) is 2.95. The highest BCUT2D eigenvalue weighted by molar-refractivity contribution is 5.33. The third kappa shape index (κ3) is 2.04. The summed E-state index contributed by atoms with van der Waals surface area (Å²) in [6.07, 6.45) is 8.48. The molecule has 0 spiro atoms. The Balaban J connectivity index is 1.77. The lowest BCUT2D eigenvalue weighted by molar-refractivity contribution is -0.127. The summed E-state index contributed by atoms with van der Waals surface area (Å²) in [5, 5.41) is 31.8. The van der Waals surface area contributed by atoms with Crippen LogP contribution >= 0.6 is 0 Å². The zero-order valence-corrected chi connectivity index (χ0v) is 15.1. The van der Waals surface area contributed by atoms with Gasteiger partial charge in [0.1, 0.15) is 11.8 Å². The smallest absolute Gasteiger partial charge is 0.148 e. The maximum absolute atomic E-state index is 14.7. The second kappa shape index (κ2) is 5.31. The van der Waals surface area contributed by atoms with Crippen LogP contribution in [-0.2, 0) is 0 Å². The Kier molecular flexibility index (Phi) is 3.72. The molecule has 0 aromatic carbocycles. The van der Waals surface area contributed by atoms with Gasteiger partial charge >= 0.3 is 0 Å². The van der Waals surface area contributed by atoms with E-state index >= 15 is 0 Å². The van der Waals surface area contributed by atoms with Crippen molar-refractivity contribution in [2.75, 3.05) is 0 Å². The molecule has 4 rings (SSSR count). The Morgan fingerprint density at radius 2 is 1.80 bits per heavy atom. The monoisotopic (exact) mass is 348 g/mol. The van der Waals surface area contributed by atoms with E-state index in [2.05, 4.69) is 19.8 Å². The Hall–Kier alpha value is -0.890.